The molecule has 168 valence electrons. The maximum atomic E-state index is 12.7. The van der Waals surface area contributed by atoms with Crippen molar-refractivity contribution in [2.45, 2.75) is 45.5 Å². The van der Waals surface area contributed by atoms with E-state index in [9.17, 15) is 13.2 Å². The van der Waals surface area contributed by atoms with Crippen molar-refractivity contribution in [2.75, 3.05) is 39.9 Å². The zero-order valence-electron chi connectivity index (χ0n) is 17.1. The van der Waals surface area contributed by atoms with Gasteiger partial charge in [0.1, 0.15) is 5.01 Å². The highest BCUT2D eigenvalue weighted by Crippen LogP contribution is 2.29. The number of nitrogens with zero attached hydrogens (tertiary/aromatic N) is 3. The first-order valence-electron chi connectivity index (χ1n) is 9.66. The van der Waals surface area contributed by atoms with Crippen LogP contribution in [0.3, 0.4) is 0 Å². The molecule has 2 heterocycles. The Labute approximate surface area is 191 Å². The third-order valence-electron chi connectivity index (χ3n) is 5.06. The van der Waals surface area contributed by atoms with Gasteiger partial charge in [0.05, 0.1) is 19.8 Å². The molecule has 2 N–H and O–H groups in total. The number of halogens is 4. The van der Waals surface area contributed by atoms with E-state index in [1.807, 2.05) is 0 Å². The maximum Gasteiger partial charge on any atom is 0.434 e. The quantitative estimate of drug-likeness (QED) is 0.295. The predicted molar refractivity (Wildman–Crippen MR) is 121 cm³/mol. The van der Waals surface area contributed by atoms with Crippen molar-refractivity contribution in [3.05, 3.63) is 16.1 Å². The van der Waals surface area contributed by atoms with Gasteiger partial charge in [-0.05, 0) is 5.92 Å². The molecule has 1 saturated heterocycles. The molecule has 0 saturated carbocycles. The van der Waals surface area contributed by atoms with Crippen LogP contribution in [0, 0.1) is 5.92 Å². The third kappa shape index (κ3) is 8.18. The van der Waals surface area contributed by atoms with E-state index < -0.39 is 11.9 Å². The van der Waals surface area contributed by atoms with Crippen LogP contribution in [0.2, 0.25) is 0 Å². The molecular weight excluding hydrogens is 518 g/mol. The number of morpholine rings is 1. The first kappa shape index (κ1) is 26.4. The van der Waals surface area contributed by atoms with Crippen LogP contribution < -0.4 is 10.6 Å². The van der Waals surface area contributed by atoms with E-state index >= 15 is 0 Å². The summed E-state index contributed by atoms with van der Waals surface area (Å²) in [5.74, 6) is 1.12. The molecule has 1 aromatic rings. The average Bonchev–Trinajstić information content (AvgIpc) is 3.17. The summed E-state index contributed by atoms with van der Waals surface area (Å²) in [5, 5.41) is 7.81. The van der Waals surface area contributed by atoms with Gasteiger partial charge in [-0.1, -0.05) is 26.7 Å². The highest BCUT2D eigenvalue weighted by Gasteiger charge is 2.33. The second-order valence-corrected chi connectivity index (χ2v) is 7.67. The zero-order valence-corrected chi connectivity index (χ0v) is 20.2. The Morgan fingerprint density at radius 3 is 2.45 bits per heavy atom. The molecule has 0 aromatic carbocycles. The molecule has 1 fully saturated rings. The highest BCUT2D eigenvalue weighted by atomic mass is 127. The number of rotatable bonds is 8. The van der Waals surface area contributed by atoms with Gasteiger partial charge in [0.25, 0.3) is 0 Å². The number of hydrogen-bond donors (Lipinski definition) is 2. The van der Waals surface area contributed by atoms with Crippen LogP contribution in [0.5, 0.6) is 0 Å². The van der Waals surface area contributed by atoms with Crippen LogP contribution in [0.1, 0.15) is 37.4 Å². The van der Waals surface area contributed by atoms with E-state index in [4.69, 9.17) is 4.74 Å². The minimum absolute atomic E-state index is 0. The van der Waals surface area contributed by atoms with Crippen molar-refractivity contribution in [1.82, 2.24) is 20.5 Å². The first-order chi connectivity index (χ1) is 13.4. The van der Waals surface area contributed by atoms with Gasteiger partial charge in [-0.25, -0.2) is 4.98 Å². The third-order valence-corrected chi connectivity index (χ3v) is 5.91. The summed E-state index contributed by atoms with van der Waals surface area (Å²) in [5.41, 5.74) is -0.849. The van der Waals surface area contributed by atoms with Gasteiger partial charge in [-0.15, -0.1) is 35.3 Å². The molecule has 0 aliphatic carbocycles. The standard InChI is InChI=1S/C18H30F3N5OS.HI/c1-4-13(5-2)14(26-6-8-27-9-7-26)10-23-17(22-3)24-11-16-25-15(12-28-16)18(19,20)21;/h12-14H,4-11H2,1-3H3,(H2,22,23,24);1H. The SMILES string of the molecule is CCC(CC)C(CNC(=NC)NCc1nc(C(F)(F)F)cs1)N1CCOCC1.I. The van der Waals surface area contributed by atoms with Gasteiger partial charge in [-0.3, -0.25) is 9.89 Å². The molecule has 1 aliphatic heterocycles. The van der Waals surface area contributed by atoms with E-state index in [-0.39, 0.29) is 30.5 Å². The van der Waals surface area contributed by atoms with Crippen LogP contribution in [-0.2, 0) is 17.5 Å². The fraction of sp³-hybridized carbons (Fsp3) is 0.778. The van der Waals surface area contributed by atoms with E-state index in [1.165, 1.54) is 0 Å². The molecule has 0 spiro atoms. The van der Waals surface area contributed by atoms with Crippen molar-refractivity contribution in [3.8, 4) is 0 Å². The normalized spacial score (nSPS) is 17.1. The molecule has 0 amide bonds. The van der Waals surface area contributed by atoms with Crippen LogP contribution >= 0.6 is 35.3 Å². The molecule has 1 aromatic heterocycles. The molecule has 1 unspecified atom stereocenters. The topological polar surface area (TPSA) is 61.8 Å². The van der Waals surface area contributed by atoms with E-state index in [0.717, 1.165) is 62.4 Å². The maximum absolute atomic E-state index is 12.7. The molecule has 29 heavy (non-hydrogen) atoms. The molecule has 0 radical (unpaired) electrons. The lowest BCUT2D eigenvalue weighted by Gasteiger charge is -2.39. The van der Waals surface area contributed by atoms with Crippen molar-refractivity contribution in [1.29, 1.82) is 0 Å². The Morgan fingerprint density at radius 1 is 1.28 bits per heavy atom. The second-order valence-electron chi connectivity index (χ2n) is 6.72. The lowest BCUT2D eigenvalue weighted by Crippen LogP contribution is -2.53. The minimum Gasteiger partial charge on any atom is -0.379 e. The second kappa shape index (κ2) is 12.9. The fourth-order valence-corrected chi connectivity index (χ4v) is 4.18. The first-order valence-corrected chi connectivity index (χ1v) is 10.5. The number of guanidine groups is 1. The Balaban J connectivity index is 0.00000420. The lowest BCUT2D eigenvalue weighted by atomic mass is 9.92. The van der Waals surface area contributed by atoms with Crippen molar-refractivity contribution < 1.29 is 17.9 Å². The molecule has 0 bridgehead atoms. The molecule has 1 atom stereocenters. The van der Waals surface area contributed by atoms with E-state index in [0.29, 0.717) is 22.9 Å². The summed E-state index contributed by atoms with van der Waals surface area (Å²) >= 11 is 0.990. The number of alkyl halides is 3. The number of hydrogen-bond acceptors (Lipinski definition) is 5. The summed E-state index contributed by atoms with van der Waals surface area (Å²) in [6, 6.07) is 0.356. The van der Waals surface area contributed by atoms with Crippen molar-refractivity contribution in [3.63, 3.8) is 0 Å². The minimum atomic E-state index is -4.41. The van der Waals surface area contributed by atoms with E-state index in [1.54, 1.807) is 7.05 Å². The Morgan fingerprint density at radius 2 is 1.93 bits per heavy atom. The number of nitrogens with one attached hydrogen (secondary N) is 2. The van der Waals surface area contributed by atoms with Gasteiger partial charge in [0.15, 0.2) is 11.7 Å². The molecular formula is C18H31F3IN5OS. The Kier molecular flexibility index (Phi) is 11.7. The summed E-state index contributed by atoms with van der Waals surface area (Å²) in [6.07, 6.45) is -2.23. The van der Waals surface area contributed by atoms with Crippen LogP contribution in [0.25, 0.3) is 0 Å². The monoisotopic (exact) mass is 549 g/mol. The molecule has 11 heteroatoms. The van der Waals surface area contributed by atoms with Gasteiger partial charge in [0.2, 0.25) is 0 Å². The van der Waals surface area contributed by atoms with Gasteiger partial charge in [0, 0.05) is 38.1 Å². The number of aromatic nitrogens is 1. The molecule has 1 aliphatic rings. The fourth-order valence-electron chi connectivity index (χ4n) is 3.44. The van der Waals surface area contributed by atoms with Crippen LogP contribution in [0.15, 0.2) is 10.4 Å². The number of aliphatic imine (C=N–C) groups is 1. The lowest BCUT2D eigenvalue weighted by molar-refractivity contribution is -0.140. The van der Waals surface area contributed by atoms with Crippen LogP contribution in [0.4, 0.5) is 13.2 Å². The largest absolute Gasteiger partial charge is 0.434 e. The number of ether oxygens (including phenoxy) is 1. The predicted octanol–water partition coefficient (Wildman–Crippen LogP) is 3.58. The van der Waals surface area contributed by atoms with Gasteiger partial charge < -0.3 is 15.4 Å². The summed E-state index contributed by atoms with van der Waals surface area (Å²) < 4.78 is 43.5. The molecule has 6 nitrogen and oxygen atoms in total. The summed E-state index contributed by atoms with van der Waals surface area (Å²) in [7, 11) is 1.65. The average molecular weight is 549 g/mol. The van der Waals surface area contributed by atoms with E-state index in [2.05, 4.69) is 39.4 Å². The smallest absolute Gasteiger partial charge is 0.379 e. The number of thiazole rings is 1. The Bertz CT molecular complexity index is 619. The van der Waals surface area contributed by atoms with Gasteiger partial charge in [-0.2, -0.15) is 13.2 Å². The molecule has 2 rings (SSSR count). The van der Waals surface area contributed by atoms with Crippen molar-refractivity contribution >= 4 is 41.3 Å². The van der Waals surface area contributed by atoms with Crippen molar-refractivity contribution in [2.24, 2.45) is 10.9 Å². The highest BCUT2D eigenvalue weighted by molar-refractivity contribution is 14.0. The van der Waals surface area contributed by atoms with Crippen LogP contribution in [-0.4, -0.2) is 61.8 Å². The van der Waals surface area contributed by atoms with Gasteiger partial charge >= 0.3 is 6.18 Å². The zero-order chi connectivity index (χ0) is 20.6. The Hall–Kier alpha value is -0.660. The summed E-state index contributed by atoms with van der Waals surface area (Å²) in [6.45, 7) is 8.64. The summed E-state index contributed by atoms with van der Waals surface area (Å²) in [4.78, 5) is 10.3.